The molecule has 18 heavy (non-hydrogen) atoms. The lowest BCUT2D eigenvalue weighted by molar-refractivity contribution is 0.696. The van der Waals surface area contributed by atoms with Crippen molar-refractivity contribution in [3.63, 3.8) is 0 Å². The molecule has 0 aliphatic heterocycles. The molecule has 0 saturated heterocycles. The lowest BCUT2D eigenvalue weighted by Gasteiger charge is -2.04. The first-order valence-corrected chi connectivity index (χ1v) is 6.23. The topological polar surface area (TPSA) is 27.8 Å². The summed E-state index contributed by atoms with van der Waals surface area (Å²) in [6.45, 7) is 1.79. The Bertz CT molecular complexity index is 626. The second-order valence-electron chi connectivity index (χ2n) is 4.45. The minimum absolute atomic E-state index is 0.888. The third-order valence-electron chi connectivity index (χ3n) is 3.16. The van der Waals surface area contributed by atoms with Crippen molar-refractivity contribution in [1.29, 1.82) is 0 Å². The van der Waals surface area contributed by atoms with Crippen molar-refractivity contribution in [3.05, 3.63) is 71.9 Å². The van der Waals surface area contributed by atoms with Crippen LogP contribution < -0.4 is 5.32 Å². The van der Waals surface area contributed by atoms with Gasteiger partial charge in [-0.2, -0.15) is 0 Å². The van der Waals surface area contributed by atoms with Crippen LogP contribution in [0.2, 0.25) is 0 Å². The zero-order chi connectivity index (χ0) is 12.2. The van der Waals surface area contributed by atoms with Gasteiger partial charge in [-0.15, -0.1) is 0 Å². The first kappa shape index (κ1) is 11.1. The Morgan fingerprint density at radius 3 is 2.50 bits per heavy atom. The van der Waals surface area contributed by atoms with Gasteiger partial charge in [0.2, 0.25) is 0 Å². The van der Waals surface area contributed by atoms with Gasteiger partial charge < -0.3 is 10.3 Å². The van der Waals surface area contributed by atoms with E-state index in [4.69, 9.17) is 0 Å². The molecule has 0 fully saturated rings. The zero-order valence-electron chi connectivity index (χ0n) is 10.2. The predicted molar refractivity (Wildman–Crippen MR) is 75.3 cm³/mol. The molecule has 1 aromatic heterocycles. The van der Waals surface area contributed by atoms with Crippen molar-refractivity contribution in [2.45, 2.75) is 13.1 Å². The number of aromatic nitrogens is 1. The number of benzene rings is 2. The summed E-state index contributed by atoms with van der Waals surface area (Å²) in [7, 11) is 0. The molecule has 0 unspecified atom stereocenters. The highest BCUT2D eigenvalue weighted by Gasteiger charge is 2.01. The van der Waals surface area contributed by atoms with E-state index >= 15 is 0 Å². The summed E-state index contributed by atoms with van der Waals surface area (Å²) in [4.78, 5) is 3.30. The van der Waals surface area contributed by atoms with E-state index in [0.717, 1.165) is 13.1 Å². The van der Waals surface area contributed by atoms with Gasteiger partial charge in [-0.05, 0) is 17.2 Å². The van der Waals surface area contributed by atoms with Crippen LogP contribution in [-0.4, -0.2) is 4.98 Å². The van der Waals surface area contributed by atoms with Crippen LogP contribution in [0.3, 0.4) is 0 Å². The van der Waals surface area contributed by atoms with E-state index in [1.807, 2.05) is 6.07 Å². The number of hydrogen-bond donors (Lipinski definition) is 2. The Morgan fingerprint density at radius 1 is 0.833 bits per heavy atom. The smallest absolute Gasteiger partial charge is 0.0457 e. The van der Waals surface area contributed by atoms with E-state index < -0.39 is 0 Å². The Labute approximate surface area is 107 Å². The molecule has 2 aromatic carbocycles. The van der Waals surface area contributed by atoms with E-state index in [9.17, 15) is 0 Å². The Kier molecular flexibility index (Phi) is 3.11. The quantitative estimate of drug-likeness (QED) is 0.713. The summed E-state index contributed by atoms with van der Waals surface area (Å²) < 4.78 is 0. The van der Waals surface area contributed by atoms with Crippen LogP contribution in [0, 0.1) is 0 Å². The number of H-pyrrole nitrogens is 1. The molecule has 0 spiro atoms. The molecule has 0 saturated carbocycles. The highest BCUT2D eigenvalue weighted by Crippen LogP contribution is 2.17. The molecule has 2 nitrogen and oxygen atoms in total. The average molecular weight is 236 g/mol. The maximum Gasteiger partial charge on any atom is 0.0457 e. The average Bonchev–Trinajstić information content (AvgIpc) is 2.84. The van der Waals surface area contributed by atoms with Crippen LogP contribution in [0.15, 0.2) is 60.8 Å². The van der Waals surface area contributed by atoms with E-state index in [2.05, 4.69) is 65.0 Å². The number of fused-ring (bicyclic) bond motifs is 1. The largest absolute Gasteiger partial charge is 0.361 e. The monoisotopic (exact) mass is 236 g/mol. The predicted octanol–water partition coefficient (Wildman–Crippen LogP) is 3.46. The van der Waals surface area contributed by atoms with Gasteiger partial charge >= 0.3 is 0 Å². The number of hydrogen-bond acceptors (Lipinski definition) is 1. The van der Waals surface area contributed by atoms with Crippen molar-refractivity contribution in [1.82, 2.24) is 10.3 Å². The molecule has 0 aliphatic rings. The highest BCUT2D eigenvalue weighted by molar-refractivity contribution is 5.82. The summed E-state index contributed by atoms with van der Waals surface area (Å²) in [5, 5.41) is 4.78. The molecule has 0 amide bonds. The van der Waals surface area contributed by atoms with Crippen LogP contribution in [0.4, 0.5) is 0 Å². The van der Waals surface area contributed by atoms with E-state index in [0.29, 0.717) is 0 Å². The third-order valence-corrected chi connectivity index (χ3v) is 3.16. The molecule has 0 atom stereocenters. The molecule has 3 aromatic rings. The van der Waals surface area contributed by atoms with Crippen molar-refractivity contribution in [2.24, 2.45) is 0 Å². The fraction of sp³-hybridized carbons (Fsp3) is 0.125. The van der Waals surface area contributed by atoms with Crippen molar-refractivity contribution < 1.29 is 0 Å². The summed E-state index contributed by atoms with van der Waals surface area (Å²) >= 11 is 0. The van der Waals surface area contributed by atoms with Gasteiger partial charge in [-0.1, -0.05) is 48.5 Å². The minimum atomic E-state index is 0.888. The molecule has 90 valence electrons. The number of aromatic amines is 1. The van der Waals surface area contributed by atoms with E-state index in [1.165, 1.54) is 22.0 Å². The summed E-state index contributed by atoms with van der Waals surface area (Å²) in [6.07, 6.45) is 2.09. The maximum atomic E-state index is 3.48. The molecule has 2 N–H and O–H groups in total. The molecule has 1 heterocycles. The molecular formula is C16H16N2. The third kappa shape index (κ3) is 2.29. The van der Waals surface area contributed by atoms with Gasteiger partial charge in [0.1, 0.15) is 0 Å². The maximum absolute atomic E-state index is 3.48. The van der Waals surface area contributed by atoms with Crippen LogP contribution in [0.25, 0.3) is 10.9 Å². The molecular weight excluding hydrogens is 220 g/mol. The van der Waals surface area contributed by atoms with E-state index in [-0.39, 0.29) is 0 Å². The highest BCUT2D eigenvalue weighted by atomic mass is 14.9. The van der Waals surface area contributed by atoms with Crippen molar-refractivity contribution in [3.8, 4) is 0 Å². The van der Waals surface area contributed by atoms with Gasteiger partial charge in [0, 0.05) is 30.2 Å². The van der Waals surface area contributed by atoms with Crippen molar-refractivity contribution in [2.75, 3.05) is 0 Å². The fourth-order valence-electron chi connectivity index (χ4n) is 2.22. The summed E-state index contributed by atoms with van der Waals surface area (Å²) in [5.41, 5.74) is 3.84. The zero-order valence-corrected chi connectivity index (χ0v) is 10.2. The van der Waals surface area contributed by atoms with Crippen LogP contribution in [-0.2, 0) is 13.1 Å². The summed E-state index contributed by atoms with van der Waals surface area (Å²) in [5.74, 6) is 0. The molecule has 0 bridgehead atoms. The van der Waals surface area contributed by atoms with Gasteiger partial charge in [-0.3, -0.25) is 0 Å². The molecule has 3 rings (SSSR count). The number of para-hydroxylation sites is 1. The normalized spacial score (nSPS) is 10.9. The standard InChI is InChI=1S/C16H16N2/c1-2-6-13(7-3-1)10-17-11-14-12-18-16-9-5-4-8-15(14)16/h1-9,12,17-18H,10-11H2. The van der Waals surface area contributed by atoms with Crippen molar-refractivity contribution >= 4 is 10.9 Å². The second kappa shape index (κ2) is 5.07. The first-order valence-electron chi connectivity index (χ1n) is 6.23. The molecule has 0 radical (unpaired) electrons. The lowest BCUT2D eigenvalue weighted by atomic mass is 10.1. The Balaban J connectivity index is 1.67. The SMILES string of the molecule is c1ccc(CNCc2c[nH]c3ccccc23)cc1. The van der Waals surface area contributed by atoms with E-state index in [1.54, 1.807) is 0 Å². The Morgan fingerprint density at radius 2 is 1.61 bits per heavy atom. The van der Waals surface area contributed by atoms with Gasteiger partial charge in [0.25, 0.3) is 0 Å². The lowest BCUT2D eigenvalue weighted by Crippen LogP contribution is -2.12. The second-order valence-corrected chi connectivity index (χ2v) is 4.45. The Hall–Kier alpha value is -2.06. The molecule has 2 heteroatoms. The first-order chi connectivity index (χ1) is 8.93. The van der Waals surface area contributed by atoms with Gasteiger partial charge in [0.05, 0.1) is 0 Å². The van der Waals surface area contributed by atoms with Crippen LogP contribution in [0.5, 0.6) is 0 Å². The number of nitrogens with one attached hydrogen (secondary N) is 2. The number of rotatable bonds is 4. The van der Waals surface area contributed by atoms with Crippen LogP contribution in [0.1, 0.15) is 11.1 Å². The van der Waals surface area contributed by atoms with Gasteiger partial charge in [-0.25, -0.2) is 0 Å². The van der Waals surface area contributed by atoms with Crippen LogP contribution >= 0.6 is 0 Å². The van der Waals surface area contributed by atoms with Gasteiger partial charge in [0.15, 0.2) is 0 Å². The fourth-order valence-corrected chi connectivity index (χ4v) is 2.22. The summed E-state index contributed by atoms with van der Waals surface area (Å²) in [6, 6.07) is 18.9. The minimum Gasteiger partial charge on any atom is -0.361 e. The molecule has 0 aliphatic carbocycles.